The average molecular weight is 321 g/mol. The second kappa shape index (κ2) is 5.66. The molecule has 1 N–H and O–H groups in total. The van der Waals surface area contributed by atoms with Crippen molar-refractivity contribution >= 4 is 22.3 Å². The summed E-state index contributed by atoms with van der Waals surface area (Å²) in [6.07, 6.45) is 6.63. The van der Waals surface area contributed by atoms with Crippen LogP contribution in [-0.2, 0) is 11.3 Å². The summed E-state index contributed by atoms with van der Waals surface area (Å²) in [5, 5.41) is 9.45. The van der Waals surface area contributed by atoms with Gasteiger partial charge in [0.25, 0.3) is 0 Å². The topological polar surface area (TPSA) is 57.8 Å². The van der Waals surface area contributed by atoms with Crippen LogP contribution in [-0.4, -0.2) is 38.4 Å². The third kappa shape index (κ3) is 3.17. The molecule has 3 heterocycles. The van der Waals surface area contributed by atoms with Crippen molar-refractivity contribution in [3.05, 3.63) is 23.5 Å². The molecule has 2 aromatic rings. The molecular formula is C16H23N3O2S. The van der Waals surface area contributed by atoms with Crippen molar-refractivity contribution in [1.82, 2.24) is 14.3 Å². The second-order valence-corrected chi connectivity index (χ2v) is 8.44. The summed E-state index contributed by atoms with van der Waals surface area (Å²) in [5.74, 6) is -0.520. The molecule has 2 aromatic heterocycles. The molecule has 0 radical (unpaired) electrons. The third-order valence-corrected chi connectivity index (χ3v) is 5.61. The van der Waals surface area contributed by atoms with Crippen LogP contribution in [0.1, 0.15) is 32.1 Å². The lowest BCUT2D eigenvalue weighted by atomic mass is 9.73. The van der Waals surface area contributed by atoms with Gasteiger partial charge in [-0.25, -0.2) is 4.98 Å². The highest BCUT2D eigenvalue weighted by molar-refractivity contribution is 7.17. The van der Waals surface area contributed by atoms with Crippen molar-refractivity contribution < 1.29 is 9.90 Å². The zero-order chi connectivity index (χ0) is 15.9. The number of likely N-dealkylation sites (tertiary alicyclic amines) is 1. The van der Waals surface area contributed by atoms with E-state index in [0.717, 1.165) is 24.5 Å². The maximum absolute atomic E-state index is 11.5. The summed E-state index contributed by atoms with van der Waals surface area (Å²) in [5.41, 5.74) is 0.135. The van der Waals surface area contributed by atoms with Crippen molar-refractivity contribution in [2.75, 3.05) is 13.1 Å². The highest BCUT2D eigenvalue weighted by Gasteiger charge is 2.37. The van der Waals surface area contributed by atoms with Crippen LogP contribution < -0.4 is 0 Å². The first-order valence-electron chi connectivity index (χ1n) is 7.69. The monoisotopic (exact) mass is 321 g/mol. The van der Waals surface area contributed by atoms with E-state index in [1.807, 2.05) is 10.6 Å². The number of piperidine rings is 1. The van der Waals surface area contributed by atoms with E-state index in [9.17, 15) is 9.90 Å². The molecule has 1 aliphatic heterocycles. The van der Waals surface area contributed by atoms with E-state index in [1.165, 1.54) is 4.88 Å². The van der Waals surface area contributed by atoms with Crippen LogP contribution in [0.4, 0.5) is 0 Å². The Kier molecular flexibility index (Phi) is 3.99. The highest BCUT2D eigenvalue weighted by atomic mass is 32.1. The molecule has 5 nitrogen and oxygen atoms in total. The maximum Gasteiger partial charge on any atom is 0.307 e. The van der Waals surface area contributed by atoms with Crippen molar-refractivity contribution in [1.29, 1.82) is 0 Å². The first kappa shape index (κ1) is 15.5. The van der Waals surface area contributed by atoms with Gasteiger partial charge >= 0.3 is 5.97 Å². The van der Waals surface area contributed by atoms with E-state index >= 15 is 0 Å². The summed E-state index contributed by atoms with van der Waals surface area (Å²) in [6.45, 7) is 9.04. The van der Waals surface area contributed by atoms with Crippen LogP contribution >= 0.6 is 11.3 Å². The Hall–Kier alpha value is -1.40. The minimum atomic E-state index is -0.667. The number of aromatic nitrogens is 2. The Labute approximate surface area is 134 Å². The number of hydrogen-bond acceptors (Lipinski definition) is 4. The van der Waals surface area contributed by atoms with Gasteiger partial charge in [0.2, 0.25) is 0 Å². The van der Waals surface area contributed by atoms with Gasteiger partial charge in [0.15, 0.2) is 4.96 Å². The second-order valence-electron chi connectivity index (χ2n) is 7.34. The van der Waals surface area contributed by atoms with Crippen molar-refractivity contribution in [2.24, 2.45) is 17.3 Å². The number of hydrogen-bond donors (Lipinski definition) is 1. The molecule has 0 spiro atoms. The summed E-state index contributed by atoms with van der Waals surface area (Å²) in [7, 11) is 0. The molecule has 1 fully saturated rings. The molecule has 1 saturated heterocycles. The SMILES string of the molecule is CC(C)(C)C1CC(C(=O)O)CN(Cc2cn3ccnc3s2)C1. The molecule has 0 saturated carbocycles. The zero-order valence-electron chi connectivity index (χ0n) is 13.3. The number of carbonyl (C=O) groups is 1. The molecule has 0 aromatic carbocycles. The van der Waals surface area contributed by atoms with Crippen LogP contribution in [0, 0.1) is 17.3 Å². The standard InChI is InChI=1S/C16H23N3O2S/c1-16(2,3)12-6-11(14(20)21)7-18(8-12)9-13-10-19-5-4-17-15(19)22-13/h4-5,10-12H,6-9H2,1-3H3,(H,20,21). The van der Waals surface area contributed by atoms with Crippen LogP contribution in [0.25, 0.3) is 4.96 Å². The third-order valence-electron chi connectivity index (χ3n) is 4.62. The van der Waals surface area contributed by atoms with Crippen molar-refractivity contribution in [2.45, 2.75) is 33.7 Å². The lowest BCUT2D eigenvalue weighted by molar-refractivity contribution is -0.145. The average Bonchev–Trinajstić information content (AvgIpc) is 2.98. The molecule has 120 valence electrons. The quantitative estimate of drug-likeness (QED) is 0.944. The van der Waals surface area contributed by atoms with Gasteiger partial charge in [0, 0.05) is 43.1 Å². The number of imidazole rings is 1. The zero-order valence-corrected chi connectivity index (χ0v) is 14.1. The van der Waals surface area contributed by atoms with Crippen LogP contribution in [0.2, 0.25) is 0 Å². The van der Waals surface area contributed by atoms with Gasteiger partial charge in [0.1, 0.15) is 0 Å². The summed E-state index contributed by atoms with van der Waals surface area (Å²) in [4.78, 5) is 20.3. The molecule has 2 atom stereocenters. The lowest BCUT2D eigenvalue weighted by Gasteiger charge is -2.42. The smallest absolute Gasteiger partial charge is 0.307 e. The van der Waals surface area contributed by atoms with Gasteiger partial charge in [-0.15, -0.1) is 0 Å². The van der Waals surface area contributed by atoms with Crippen molar-refractivity contribution in [3.8, 4) is 0 Å². The number of nitrogens with zero attached hydrogens (tertiary/aromatic N) is 3. The predicted molar refractivity (Wildman–Crippen MR) is 87.0 cm³/mol. The van der Waals surface area contributed by atoms with Gasteiger partial charge < -0.3 is 5.11 Å². The summed E-state index contributed by atoms with van der Waals surface area (Å²) >= 11 is 1.68. The largest absolute Gasteiger partial charge is 0.481 e. The maximum atomic E-state index is 11.5. The lowest BCUT2D eigenvalue weighted by Crippen LogP contribution is -2.46. The Bertz CT molecular complexity index is 642. The Morgan fingerprint density at radius 2 is 2.23 bits per heavy atom. The summed E-state index contributed by atoms with van der Waals surface area (Å²) in [6, 6.07) is 0. The van der Waals surface area contributed by atoms with E-state index in [0.29, 0.717) is 12.5 Å². The van der Waals surface area contributed by atoms with E-state index in [1.54, 1.807) is 17.5 Å². The fraction of sp³-hybridized carbons (Fsp3) is 0.625. The Morgan fingerprint density at radius 3 is 2.86 bits per heavy atom. The van der Waals surface area contributed by atoms with Crippen molar-refractivity contribution in [3.63, 3.8) is 0 Å². The van der Waals surface area contributed by atoms with E-state index in [4.69, 9.17) is 0 Å². The molecular weight excluding hydrogens is 298 g/mol. The molecule has 0 bridgehead atoms. The molecule has 2 unspecified atom stereocenters. The van der Waals surface area contributed by atoms with E-state index < -0.39 is 5.97 Å². The van der Waals surface area contributed by atoms with E-state index in [2.05, 4.69) is 36.9 Å². The minimum absolute atomic E-state index is 0.135. The minimum Gasteiger partial charge on any atom is -0.481 e. The van der Waals surface area contributed by atoms with E-state index in [-0.39, 0.29) is 11.3 Å². The first-order chi connectivity index (χ1) is 10.3. The molecule has 0 aliphatic carbocycles. The Morgan fingerprint density at radius 1 is 1.45 bits per heavy atom. The molecule has 0 amide bonds. The van der Waals surface area contributed by atoms with Gasteiger partial charge in [-0.05, 0) is 17.8 Å². The normalized spacial score (nSPS) is 24.0. The number of fused-ring (bicyclic) bond motifs is 1. The molecule has 22 heavy (non-hydrogen) atoms. The number of aliphatic carboxylic acids is 1. The van der Waals surface area contributed by atoms with Gasteiger partial charge in [-0.2, -0.15) is 0 Å². The Balaban J connectivity index is 1.76. The molecule has 6 heteroatoms. The predicted octanol–water partition coefficient (Wildman–Crippen LogP) is 2.96. The number of carboxylic acid groups (broad SMARTS) is 1. The number of thiazole rings is 1. The summed E-state index contributed by atoms with van der Waals surface area (Å²) < 4.78 is 2.03. The first-order valence-corrected chi connectivity index (χ1v) is 8.51. The molecule has 3 rings (SSSR count). The number of rotatable bonds is 3. The van der Waals surface area contributed by atoms with Crippen LogP contribution in [0.15, 0.2) is 18.6 Å². The van der Waals surface area contributed by atoms with Gasteiger partial charge in [-0.1, -0.05) is 32.1 Å². The fourth-order valence-corrected chi connectivity index (χ4v) is 4.18. The van der Waals surface area contributed by atoms with Gasteiger partial charge in [0.05, 0.1) is 5.92 Å². The van der Waals surface area contributed by atoms with Crippen LogP contribution in [0.5, 0.6) is 0 Å². The highest BCUT2D eigenvalue weighted by Crippen LogP contribution is 2.36. The molecule has 1 aliphatic rings. The van der Waals surface area contributed by atoms with Gasteiger partial charge in [-0.3, -0.25) is 14.1 Å². The fourth-order valence-electron chi connectivity index (χ4n) is 3.19. The van der Waals surface area contributed by atoms with Crippen LogP contribution in [0.3, 0.4) is 0 Å². The number of carboxylic acids is 1.